The van der Waals surface area contributed by atoms with Gasteiger partial charge in [0.15, 0.2) is 0 Å². The number of aryl methyl sites for hydroxylation is 1. The maximum Gasteiger partial charge on any atom is 0.0537 e. The standard InChI is InChI=1S/C14H23N3/c1-3-14(13-10-16-17(2)11-13)15-9-12-7-5-4-6-8-12/h4-5,10-12,14-15H,3,6-9H2,1-2H3/t12-,14-/m1/s1. The molecule has 2 atom stereocenters. The van der Waals surface area contributed by atoms with Gasteiger partial charge < -0.3 is 5.32 Å². The van der Waals surface area contributed by atoms with Crippen molar-refractivity contribution in [1.82, 2.24) is 15.1 Å². The van der Waals surface area contributed by atoms with E-state index in [0.29, 0.717) is 6.04 Å². The smallest absolute Gasteiger partial charge is 0.0537 e. The van der Waals surface area contributed by atoms with Gasteiger partial charge in [0.2, 0.25) is 0 Å². The molecule has 0 aliphatic heterocycles. The summed E-state index contributed by atoms with van der Waals surface area (Å²) < 4.78 is 1.88. The van der Waals surface area contributed by atoms with E-state index in [2.05, 4.69) is 35.7 Å². The number of nitrogens with one attached hydrogen (secondary N) is 1. The van der Waals surface area contributed by atoms with Crippen LogP contribution in [0, 0.1) is 5.92 Å². The van der Waals surface area contributed by atoms with Crippen LogP contribution in [-0.4, -0.2) is 16.3 Å². The monoisotopic (exact) mass is 233 g/mol. The molecule has 1 N–H and O–H groups in total. The van der Waals surface area contributed by atoms with Crippen LogP contribution < -0.4 is 5.32 Å². The zero-order valence-corrected chi connectivity index (χ0v) is 10.9. The predicted molar refractivity (Wildman–Crippen MR) is 70.7 cm³/mol. The Hall–Kier alpha value is -1.09. The third-order valence-corrected chi connectivity index (χ3v) is 3.57. The van der Waals surface area contributed by atoms with Crippen molar-refractivity contribution < 1.29 is 0 Å². The molecule has 3 nitrogen and oxygen atoms in total. The number of aromatic nitrogens is 2. The van der Waals surface area contributed by atoms with Gasteiger partial charge in [-0.3, -0.25) is 4.68 Å². The molecule has 0 spiro atoms. The second kappa shape index (κ2) is 6.01. The predicted octanol–water partition coefficient (Wildman–Crippen LogP) is 2.82. The van der Waals surface area contributed by atoms with Gasteiger partial charge in [-0.15, -0.1) is 0 Å². The molecule has 1 aromatic rings. The minimum absolute atomic E-state index is 0.453. The Labute approximate surface area is 104 Å². The molecule has 1 aliphatic rings. The van der Waals surface area contributed by atoms with Gasteiger partial charge in [0.25, 0.3) is 0 Å². The number of hydrogen-bond donors (Lipinski definition) is 1. The van der Waals surface area contributed by atoms with Crippen molar-refractivity contribution in [3.8, 4) is 0 Å². The molecule has 0 radical (unpaired) electrons. The molecular weight excluding hydrogens is 210 g/mol. The summed E-state index contributed by atoms with van der Waals surface area (Å²) >= 11 is 0. The highest BCUT2D eigenvalue weighted by Gasteiger charge is 2.14. The van der Waals surface area contributed by atoms with E-state index in [1.165, 1.54) is 24.8 Å². The molecule has 0 aromatic carbocycles. The maximum atomic E-state index is 4.25. The summed E-state index contributed by atoms with van der Waals surface area (Å²) in [6, 6.07) is 0.453. The average molecular weight is 233 g/mol. The Bertz CT molecular complexity index is 367. The Morgan fingerprint density at radius 1 is 1.53 bits per heavy atom. The molecule has 1 aromatic heterocycles. The molecule has 0 amide bonds. The Kier molecular flexibility index (Phi) is 4.37. The molecule has 94 valence electrons. The van der Waals surface area contributed by atoms with Crippen LogP contribution in [-0.2, 0) is 7.05 Å². The Morgan fingerprint density at radius 3 is 3.00 bits per heavy atom. The molecule has 0 bridgehead atoms. The summed E-state index contributed by atoms with van der Waals surface area (Å²) in [7, 11) is 1.97. The van der Waals surface area contributed by atoms with Crippen LogP contribution in [0.5, 0.6) is 0 Å². The van der Waals surface area contributed by atoms with E-state index in [9.17, 15) is 0 Å². The maximum absolute atomic E-state index is 4.25. The first-order valence-corrected chi connectivity index (χ1v) is 6.66. The second-order valence-corrected chi connectivity index (χ2v) is 4.97. The van der Waals surface area contributed by atoms with E-state index >= 15 is 0 Å². The van der Waals surface area contributed by atoms with Gasteiger partial charge in [-0.1, -0.05) is 19.1 Å². The molecule has 17 heavy (non-hydrogen) atoms. The first-order valence-electron chi connectivity index (χ1n) is 6.66. The van der Waals surface area contributed by atoms with Gasteiger partial charge in [-0.25, -0.2) is 0 Å². The van der Waals surface area contributed by atoms with Crippen LogP contribution in [0.3, 0.4) is 0 Å². The van der Waals surface area contributed by atoms with Gasteiger partial charge in [0.1, 0.15) is 0 Å². The zero-order valence-electron chi connectivity index (χ0n) is 10.9. The van der Waals surface area contributed by atoms with Crippen molar-refractivity contribution in [3.63, 3.8) is 0 Å². The zero-order chi connectivity index (χ0) is 12.1. The third-order valence-electron chi connectivity index (χ3n) is 3.57. The van der Waals surface area contributed by atoms with Gasteiger partial charge in [0, 0.05) is 24.8 Å². The van der Waals surface area contributed by atoms with E-state index < -0.39 is 0 Å². The first-order chi connectivity index (χ1) is 8.29. The first kappa shape index (κ1) is 12.4. The fourth-order valence-corrected chi connectivity index (χ4v) is 2.47. The highest BCUT2D eigenvalue weighted by Crippen LogP contribution is 2.20. The van der Waals surface area contributed by atoms with E-state index in [1.807, 2.05) is 17.9 Å². The molecule has 0 unspecified atom stereocenters. The SMILES string of the molecule is CC[C@@H](NC[C@@H]1CC=CCC1)c1cnn(C)c1. The van der Waals surface area contributed by atoms with Crippen molar-refractivity contribution in [2.45, 2.75) is 38.6 Å². The van der Waals surface area contributed by atoms with E-state index in [-0.39, 0.29) is 0 Å². The fraction of sp³-hybridized carbons (Fsp3) is 0.643. The van der Waals surface area contributed by atoms with Crippen molar-refractivity contribution >= 4 is 0 Å². The van der Waals surface area contributed by atoms with Gasteiger partial charge in [0.05, 0.1) is 6.20 Å². The lowest BCUT2D eigenvalue weighted by Crippen LogP contribution is -2.27. The molecular formula is C14H23N3. The fourth-order valence-electron chi connectivity index (χ4n) is 2.47. The number of allylic oxidation sites excluding steroid dienone is 2. The molecule has 0 saturated carbocycles. The van der Waals surface area contributed by atoms with Crippen molar-refractivity contribution in [2.24, 2.45) is 13.0 Å². The lowest BCUT2D eigenvalue weighted by molar-refractivity contribution is 0.400. The van der Waals surface area contributed by atoms with Crippen molar-refractivity contribution in [1.29, 1.82) is 0 Å². The largest absolute Gasteiger partial charge is 0.310 e. The van der Waals surface area contributed by atoms with Crippen LogP contribution >= 0.6 is 0 Å². The quantitative estimate of drug-likeness (QED) is 0.793. The second-order valence-electron chi connectivity index (χ2n) is 4.97. The topological polar surface area (TPSA) is 29.9 Å². The molecule has 2 rings (SSSR count). The molecule has 1 aliphatic carbocycles. The van der Waals surface area contributed by atoms with E-state index in [1.54, 1.807) is 0 Å². The summed E-state index contributed by atoms with van der Waals surface area (Å²) in [6.07, 6.45) is 13.6. The average Bonchev–Trinajstić information content (AvgIpc) is 2.78. The van der Waals surface area contributed by atoms with Crippen LogP contribution in [0.15, 0.2) is 24.5 Å². The van der Waals surface area contributed by atoms with Gasteiger partial charge >= 0.3 is 0 Å². The third kappa shape index (κ3) is 3.43. The normalized spacial score (nSPS) is 21.6. The van der Waals surface area contributed by atoms with Crippen LogP contribution in [0.1, 0.15) is 44.2 Å². The summed E-state index contributed by atoms with van der Waals surface area (Å²) in [5.74, 6) is 0.811. The van der Waals surface area contributed by atoms with Crippen molar-refractivity contribution in [2.75, 3.05) is 6.54 Å². The Morgan fingerprint density at radius 2 is 2.41 bits per heavy atom. The minimum Gasteiger partial charge on any atom is -0.310 e. The van der Waals surface area contributed by atoms with Crippen LogP contribution in [0.25, 0.3) is 0 Å². The van der Waals surface area contributed by atoms with Crippen molar-refractivity contribution in [3.05, 3.63) is 30.1 Å². The molecule has 1 heterocycles. The van der Waals surface area contributed by atoms with E-state index in [0.717, 1.165) is 18.9 Å². The minimum atomic E-state index is 0.453. The van der Waals surface area contributed by atoms with E-state index in [4.69, 9.17) is 0 Å². The highest BCUT2D eigenvalue weighted by molar-refractivity contribution is 5.10. The molecule has 0 saturated heterocycles. The van der Waals surface area contributed by atoms with Crippen LogP contribution in [0.4, 0.5) is 0 Å². The number of hydrogen-bond acceptors (Lipinski definition) is 2. The molecule has 3 heteroatoms. The lowest BCUT2D eigenvalue weighted by atomic mass is 9.94. The summed E-state index contributed by atoms with van der Waals surface area (Å²) in [4.78, 5) is 0. The van der Waals surface area contributed by atoms with Crippen LogP contribution in [0.2, 0.25) is 0 Å². The summed E-state index contributed by atoms with van der Waals surface area (Å²) in [5, 5.41) is 7.93. The number of nitrogens with zero attached hydrogens (tertiary/aromatic N) is 2. The molecule has 0 fully saturated rings. The summed E-state index contributed by atoms with van der Waals surface area (Å²) in [6.45, 7) is 3.35. The highest BCUT2D eigenvalue weighted by atomic mass is 15.2. The van der Waals surface area contributed by atoms with Gasteiger partial charge in [-0.2, -0.15) is 5.10 Å². The van der Waals surface area contributed by atoms with Gasteiger partial charge in [-0.05, 0) is 38.1 Å². The number of rotatable bonds is 5. The lowest BCUT2D eigenvalue weighted by Gasteiger charge is -2.22. The summed E-state index contributed by atoms with van der Waals surface area (Å²) in [5.41, 5.74) is 1.31. The Balaban J connectivity index is 1.85.